The van der Waals surface area contributed by atoms with Crippen molar-refractivity contribution in [2.75, 3.05) is 0 Å². The van der Waals surface area contributed by atoms with Gasteiger partial charge in [-0.2, -0.15) is 5.48 Å². The highest BCUT2D eigenvalue weighted by atomic mass is 35.5. The van der Waals surface area contributed by atoms with Crippen LogP contribution in [-0.4, -0.2) is 40.8 Å². The predicted octanol–water partition coefficient (Wildman–Crippen LogP) is 9.46. The number of aryl methyl sites for hydroxylation is 4. The monoisotopic (exact) mass is 774 g/mol. The number of hydrogen-bond donors (Lipinski definition) is 3. The summed E-state index contributed by atoms with van der Waals surface area (Å²) in [6, 6.07) is 37.0. The topological polar surface area (TPSA) is 140 Å². The molecule has 0 aliphatic rings. The first-order chi connectivity index (χ1) is 26.4. The fourth-order valence-electron chi connectivity index (χ4n) is 5.20. The Kier molecular flexibility index (Phi) is 22.9. The Labute approximate surface area is 330 Å². The highest BCUT2D eigenvalue weighted by molar-refractivity contribution is 6.61. The molecule has 296 valence electrons. The van der Waals surface area contributed by atoms with E-state index in [1.807, 2.05) is 48.5 Å². The summed E-state index contributed by atoms with van der Waals surface area (Å²) in [5.41, 5.74) is 10.1. The molecule has 0 aliphatic heterocycles. The molecule has 55 heavy (non-hydrogen) atoms. The lowest BCUT2D eigenvalue weighted by molar-refractivity contribution is -0.131. The zero-order valence-electron chi connectivity index (χ0n) is 32.3. The molecular formula is C44H55ClN2O8. The van der Waals surface area contributed by atoms with E-state index in [-0.39, 0.29) is 31.0 Å². The minimum atomic E-state index is -0.913. The Hall–Kier alpha value is -5.19. The minimum Gasteiger partial charge on any atom is -0.451 e. The maximum absolute atomic E-state index is 11.8. The number of carbonyl (C=O) groups is 4. The average molecular weight is 775 g/mol. The third kappa shape index (κ3) is 23.3. The zero-order chi connectivity index (χ0) is 40.3. The number of carbonyl (C=O) groups excluding carboxylic acids is 4. The summed E-state index contributed by atoms with van der Waals surface area (Å²) in [4.78, 5) is 48.4. The van der Waals surface area contributed by atoms with Gasteiger partial charge in [-0.05, 0) is 112 Å². The van der Waals surface area contributed by atoms with Crippen molar-refractivity contribution in [1.82, 2.24) is 11.0 Å². The summed E-state index contributed by atoms with van der Waals surface area (Å²) in [5.74, 6) is -0.781. The van der Waals surface area contributed by atoms with Crippen LogP contribution in [0.25, 0.3) is 0 Å². The van der Waals surface area contributed by atoms with E-state index in [1.54, 1.807) is 33.2 Å². The van der Waals surface area contributed by atoms with Gasteiger partial charge in [0.15, 0.2) is 0 Å². The van der Waals surface area contributed by atoms with Crippen molar-refractivity contribution in [3.63, 3.8) is 0 Å². The van der Waals surface area contributed by atoms with Crippen LogP contribution >= 0.6 is 11.6 Å². The molecule has 0 atom stereocenters. The van der Waals surface area contributed by atoms with Crippen LogP contribution in [0.5, 0.6) is 0 Å². The van der Waals surface area contributed by atoms with Crippen molar-refractivity contribution in [3.8, 4) is 0 Å². The van der Waals surface area contributed by atoms with Crippen molar-refractivity contribution >= 4 is 35.0 Å². The van der Waals surface area contributed by atoms with E-state index < -0.39 is 17.5 Å². The molecule has 0 aromatic heterocycles. The molecule has 3 N–H and O–H groups in total. The number of rotatable bonds is 16. The van der Waals surface area contributed by atoms with E-state index in [1.165, 1.54) is 28.7 Å². The summed E-state index contributed by atoms with van der Waals surface area (Å²) in [7, 11) is 0. The summed E-state index contributed by atoms with van der Waals surface area (Å²) in [6.45, 7) is 6.87. The normalized spacial score (nSPS) is 10.3. The van der Waals surface area contributed by atoms with Crippen molar-refractivity contribution in [2.24, 2.45) is 0 Å². The molecule has 0 saturated heterocycles. The third-order valence-electron chi connectivity index (χ3n) is 7.86. The molecule has 0 heterocycles. The Morgan fingerprint density at radius 2 is 0.873 bits per heavy atom. The van der Waals surface area contributed by atoms with Crippen molar-refractivity contribution < 1.29 is 38.7 Å². The molecule has 11 heteroatoms. The Balaban J connectivity index is 0.000000331. The first-order valence-corrected chi connectivity index (χ1v) is 19.0. The van der Waals surface area contributed by atoms with Crippen molar-refractivity contribution in [3.05, 3.63) is 143 Å². The molecule has 10 nitrogen and oxygen atoms in total. The van der Waals surface area contributed by atoms with Crippen LogP contribution in [0, 0.1) is 0 Å². The van der Waals surface area contributed by atoms with Gasteiger partial charge >= 0.3 is 11.6 Å². The second kappa shape index (κ2) is 27.4. The zero-order valence-corrected chi connectivity index (χ0v) is 33.1. The smallest absolute Gasteiger partial charge is 0.451 e. The summed E-state index contributed by atoms with van der Waals surface area (Å²) >= 11 is 4.81. The van der Waals surface area contributed by atoms with Crippen LogP contribution in [0.2, 0.25) is 0 Å². The van der Waals surface area contributed by atoms with Gasteiger partial charge in [-0.3, -0.25) is 14.8 Å². The lowest BCUT2D eigenvalue weighted by Crippen LogP contribution is -2.29. The number of unbranched alkanes of at least 4 members (excludes halogenated alkanes) is 2. The number of hydrogen-bond acceptors (Lipinski definition) is 8. The van der Waals surface area contributed by atoms with Gasteiger partial charge in [0.1, 0.15) is 0 Å². The van der Waals surface area contributed by atoms with Gasteiger partial charge in [-0.15, -0.1) is 0 Å². The minimum absolute atomic E-state index is 0.106. The van der Waals surface area contributed by atoms with E-state index in [0.29, 0.717) is 0 Å². The van der Waals surface area contributed by atoms with E-state index in [2.05, 4.69) is 75.7 Å². The molecule has 0 unspecified atom stereocenters. The molecule has 0 bridgehead atoms. The molecule has 0 fully saturated rings. The lowest BCUT2D eigenvalue weighted by Gasteiger charge is -2.09. The van der Waals surface area contributed by atoms with E-state index in [4.69, 9.17) is 21.5 Å². The lowest BCUT2D eigenvalue weighted by atomic mass is 10.0. The maximum Gasteiger partial charge on any atom is 0.533 e. The van der Waals surface area contributed by atoms with Gasteiger partial charge in [-0.1, -0.05) is 109 Å². The summed E-state index contributed by atoms with van der Waals surface area (Å²) < 4.78 is 9.14. The third-order valence-corrected chi connectivity index (χ3v) is 7.95. The average Bonchev–Trinajstić information content (AvgIpc) is 3.16. The van der Waals surface area contributed by atoms with Crippen LogP contribution < -0.4 is 11.0 Å². The highest BCUT2D eigenvalue weighted by Crippen LogP contribution is 2.13. The van der Waals surface area contributed by atoms with Crippen LogP contribution in [0.15, 0.2) is 109 Å². The van der Waals surface area contributed by atoms with E-state index in [9.17, 15) is 19.2 Å². The largest absolute Gasteiger partial charge is 0.533 e. The Morgan fingerprint density at radius 1 is 0.527 bits per heavy atom. The SMILES string of the molecule is CC(C)OC(=O)Cl.CC(C)OC(=O)ONC(=O)Cc1ccc(CCCCc2ccccc2)cc1.O=C(Cc1ccc(CCCCc2ccccc2)cc1)NO. The fourth-order valence-corrected chi connectivity index (χ4v) is 5.38. The molecule has 4 aromatic carbocycles. The molecule has 0 aliphatic carbocycles. The van der Waals surface area contributed by atoms with Crippen LogP contribution in [-0.2, 0) is 62.4 Å². The number of amides is 2. The van der Waals surface area contributed by atoms with Crippen LogP contribution in [0.1, 0.15) is 86.8 Å². The van der Waals surface area contributed by atoms with Crippen molar-refractivity contribution in [2.45, 2.75) is 104 Å². The van der Waals surface area contributed by atoms with Gasteiger partial charge in [0, 0.05) is 11.6 Å². The maximum atomic E-state index is 11.8. The van der Waals surface area contributed by atoms with Gasteiger partial charge in [0.05, 0.1) is 25.0 Å². The van der Waals surface area contributed by atoms with Gasteiger partial charge in [0.25, 0.3) is 5.91 Å². The highest BCUT2D eigenvalue weighted by Gasteiger charge is 2.10. The molecule has 4 aromatic rings. The molecule has 0 spiro atoms. The molecule has 4 rings (SSSR count). The first kappa shape index (κ1) is 46.0. The Morgan fingerprint density at radius 3 is 1.20 bits per heavy atom. The second-order valence-electron chi connectivity index (χ2n) is 13.4. The Bertz CT molecular complexity index is 1670. The van der Waals surface area contributed by atoms with Gasteiger partial charge < -0.3 is 14.3 Å². The number of benzene rings is 4. The molecule has 2 amide bonds. The summed E-state index contributed by atoms with van der Waals surface area (Å²) in [5, 5.41) is 8.49. The van der Waals surface area contributed by atoms with Crippen LogP contribution in [0.3, 0.4) is 0 Å². The van der Waals surface area contributed by atoms with Crippen molar-refractivity contribution in [1.29, 1.82) is 0 Å². The molecule has 0 saturated carbocycles. The number of ether oxygens (including phenoxy) is 2. The fraction of sp³-hybridized carbons (Fsp3) is 0.364. The van der Waals surface area contributed by atoms with Crippen LogP contribution in [0.4, 0.5) is 9.59 Å². The number of hydroxylamine groups is 2. The first-order valence-electron chi connectivity index (χ1n) is 18.6. The quantitative estimate of drug-likeness (QED) is 0.0336. The van der Waals surface area contributed by atoms with E-state index in [0.717, 1.165) is 56.1 Å². The van der Waals surface area contributed by atoms with Gasteiger partial charge in [-0.25, -0.2) is 15.1 Å². The second-order valence-corrected chi connectivity index (χ2v) is 13.7. The standard InChI is InChI=1S/C22H27NO4.C18H21NO2.C4H7ClO2/c1-17(2)26-22(25)27-23-21(24)16-20-14-12-19(13-15-20)11-7-6-10-18-8-4-3-5-9-18;20-18(19-21)14-17-12-10-16(11-13-17)9-5-4-8-15-6-2-1-3-7-15;1-3(2)7-4(5)6/h3-5,8-9,12-15,17H,6-7,10-11,16H2,1-2H3,(H,23,24);1-3,6-7,10-13,21H,4-5,8-9,14H2,(H,19,20);3H,1-2H3. The molecule has 0 radical (unpaired) electrons. The molecular weight excluding hydrogens is 720 g/mol. The predicted molar refractivity (Wildman–Crippen MR) is 215 cm³/mol. The number of halogens is 1. The van der Waals surface area contributed by atoms with E-state index >= 15 is 0 Å². The van der Waals surface area contributed by atoms with Gasteiger partial charge in [0.2, 0.25) is 5.91 Å². The number of nitrogens with one attached hydrogen (secondary N) is 2. The summed E-state index contributed by atoms with van der Waals surface area (Å²) in [6.07, 6.45) is 7.94.